The van der Waals surface area contributed by atoms with Gasteiger partial charge in [-0.05, 0) is 24.4 Å². The van der Waals surface area contributed by atoms with Crippen LogP contribution in [0.5, 0.6) is 0 Å². The quantitative estimate of drug-likeness (QED) is 0.203. The van der Waals surface area contributed by atoms with Gasteiger partial charge in [-0.1, -0.05) is 36.4 Å². The first kappa shape index (κ1) is 20.1. The molecule has 0 heterocycles. The second-order valence-electron chi connectivity index (χ2n) is 5.99. The van der Waals surface area contributed by atoms with Crippen molar-refractivity contribution in [1.82, 2.24) is 0 Å². The number of carbonyl (C=O) groups excluding carboxylic acids is 1. The maximum atomic E-state index is 14.1. The molecule has 0 aromatic heterocycles. The molecule has 0 saturated carbocycles. The first-order valence-electron chi connectivity index (χ1n) is 8.69. The number of ether oxygens (including phenoxy) is 1. The van der Waals surface area contributed by atoms with Gasteiger partial charge >= 0.3 is 5.97 Å². The van der Waals surface area contributed by atoms with Crippen LogP contribution in [0, 0.1) is 17.5 Å². The van der Waals surface area contributed by atoms with E-state index in [1.54, 1.807) is 19.1 Å². The van der Waals surface area contributed by atoms with Crippen LogP contribution in [0.3, 0.4) is 0 Å². The highest BCUT2D eigenvalue weighted by molar-refractivity contribution is 6.16. The lowest BCUT2D eigenvalue weighted by Crippen LogP contribution is -2.12. The molecule has 0 atom stereocenters. The number of hydrogen-bond donors (Lipinski definition) is 1. The summed E-state index contributed by atoms with van der Waals surface area (Å²) in [5.41, 5.74) is -0.690. The molecule has 0 fully saturated rings. The molecular weight excluding hydrogens is 383 g/mol. The van der Waals surface area contributed by atoms with Crippen LogP contribution in [-0.4, -0.2) is 23.9 Å². The molecule has 3 aromatic rings. The molecule has 0 bridgehead atoms. The fourth-order valence-electron chi connectivity index (χ4n) is 2.72. The number of carbonyl (C=O) groups is 1. The van der Waals surface area contributed by atoms with Gasteiger partial charge in [-0.25, -0.2) is 18.0 Å². The number of esters is 1. The van der Waals surface area contributed by atoms with E-state index in [-0.39, 0.29) is 12.7 Å². The lowest BCUT2D eigenvalue weighted by atomic mass is 10.1. The third-order valence-corrected chi connectivity index (χ3v) is 4.11. The zero-order chi connectivity index (χ0) is 21.0. The highest BCUT2D eigenvalue weighted by Crippen LogP contribution is 2.27. The Balaban J connectivity index is 2.13. The number of rotatable bonds is 5. The summed E-state index contributed by atoms with van der Waals surface area (Å²) < 4.78 is 45.7. The average molecular weight is 399 g/mol. The molecule has 29 heavy (non-hydrogen) atoms. The Labute approximate surface area is 164 Å². The molecular formula is C22H16F3NO3. The monoisotopic (exact) mass is 399 g/mol. The zero-order valence-corrected chi connectivity index (χ0v) is 15.3. The van der Waals surface area contributed by atoms with Crippen molar-refractivity contribution in [3.8, 4) is 0 Å². The summed E-state index contributed by atoms with van der Waals surface area (Å²) in [6.45, 7) is 1.53. The molecule has 3 aromatic carbocycles. The fraction of sp³-hybridized carbons (Fsp3) is 0.0909. The van der Waals surface area contributed by atoms with Crippen LogP contribution in [0.25, 0.3) is 16.5 Å². The summed E-state index contributed by atoms with van der Waals surface area (Å²) in [5, 5.41) is 12.1. The third kappa shape index (κ3) is 4.29. The number of hydrogen-bond acceptors (Lipinski definition) is 4. The van der Waals surface area contributed by atoms with E-state index in [9.17, 15) is 23.1 Å². The van der Waals surface area contributed by atoms with Crippen LogP contribution >= 0.6 is 0 Å². The van der Waals surface area contributed by atoms with E-state index in [2.05, 4.69) is 4.99 Å². The van der Waals surface area contributed by atoms with Crippen LogP contribution in [0.2, 0.25) is 0 Å². The molecule has 1 N–H and O–H groups in total. The molecule has 0 amide bonds. The fourth-order valence-corrected chi connectivity index (χ4v) is 2.72. The predicted molar refractivity (Wildman–Crippen MR) is 105 cm³/mol. The number of aliphatic imine (C=N–C) groups is 1. The largest absolute Gasteiger partial charge is 0.506 e. The van der Waals surface area contributed by atoms with E-state index >= 15 is 0 Å². The van der Waals surface area contributed by atoms with Gasteiger partial charge in [0.15, 0.2) is 11.6 Å². The molecule has 148 valence electrons. The number of benzene rings is 3. The van der Waals surface area contributed by atoms with Crippen molar-refractivity contribution in [2.24, 2.45) is 4.99 Å². The summed E-state index contributed by atoms with van der Waals surface area (Å²) in [6.07, 6.45) is 1.01. The van der Waals surface area contributed by atoms with Gasteiger partial charge in [0.2, 0.25) is 0 Å². The molecule has 0 aliphatic carbocycles. The Morgan fingerprint density at radius 2 is 1.72 bits per heavy atom. The zero-order valence-electron chi connectivity index (χ0n) is 15.3. The van der Waals surface area contributed by atoms with Crippen LogP contribution in [0.15, 0.2) is 65.2 Å². The van der Waals surface area contributed by atoms with E-state index in [1.807, 2.05) is 30.3 Å². The van der Waals surface area contributed by atoms with Gasteiger partial charge in [-0.2, -0.15) is 0 Å². The Hall–Kier alpha value is -3.61. The van der Waals surface area contributed by atoms with Crippen LogP contribution < -0.4 is 0 Å². The molecule has 0 aliphatic rings. The van der Waals surface area contributed by atoms with Crippen molar-refractivity contribution in [2.45, 2.75) is 6.92 Å². The summed E-state index contributed by atoms with van der Waals surface area (Å²) >= 11 is 0. The Morgan fingerprint density at radius 3 is 2.48 bits per heavy atom. The van der Waals surface area contributed by atoms with Gasteiger partial charge in [0.25, 0.3) is 0 Å². The molecule has 0 unspecified atom stereocenters. The second kappa shape index (κ2) is 8.60. The topological polar surface area (TPSA) is 58.9 Å². The van der Waals surface area contributed by atoms with Gasteiger partial charge in [-0.3, -0.25) is 4.99 Å². The van der Waals surface area contributed by atoms with Crippen molar-refractivity contribution in [3.05, 3.63) is 83.2 Å². The maximum absolute atomic E-state index is 14.1. The average Bonchev–Trinajstić information content (AvgIpc) is 2.71. The van der Waals surface area contributed by atoms with Crippen molar-refractivity contribution in [3.63, 3.8) is 0 Å². The summed E-state index contributed by atoms with van der Waals surface area (Å²) in [7, 11) is 0. The molecule has 7 heteroatoms. The maximum Gasteiger partial charge on any atom is 0.343 e. The van der Waals surface area contributed by atoms with Crippen LogP contribution in [0.4, 0.5) is 18.9 Å². The van der Waals surface area contributed by atoms with Gasteiger partial charge in [0.1, 0.15) is 17.1 Å². The molecule has 0 spiro atoms. The molecule has 3 rings (SSSR count). The number of aliphatic hydroxyl groups is 1. The SMILES string of the molecule is CCOC(=O)/C(C=Nc1cccc2ccccc12)=C(\O)c1cc(F)c(F)cc1F. The van der Waals surface area contributed by atoms with Gasteiger partial charge in [-0.15, -0.1) is 0 Å². The van der Waals surface area contributed by atoms with Crippen LogP contribution in [-0.2, 0) is 9.53 Å². The van der Waals surface area contributed by atoms with E-state index < -0.39 is 40.3 Å². The first-order chi connectivity index (χ1) is 13.9. The van der Waals surface area contributed by atoms with Gasteiger partial charge in [0.05, 0.1) is 17.9 Å². The molecule has 4 nitrogen and oxygen atoms in total. The summed E-state index contributed by atoms with van der Waals surface area (Å²) in [6, 6.07) is 13.5. The van der Waals surface area contributed by atoms with E-state index in [4.69, 9.17) is 4.74 Å². The highest BCUT2D eigenvalue weighted by Gasteiger charge is 2.21. The first-order valence-corrected chi connectivity index (χ1v) is 8.69. The molecule has 0 aliphatic heterocycles. The van der Waals surface area contributed by atoms with E-state index in [0.29, 0.717) is 11.8 Å². The minimum atomic E-state index is -1.42. The summed E-state index contributed by atoms with van der Waals surface area (Å²) in [5.74, 6) is -5.92. The second-order valence-corrected chi connectivity index (χ2v) is 5.99. The van der Waals surface area contributed by atoms with Gasteiger partial charge < -0.3 is 9.84 Å². The van der Waals surface area contributed by atoms with Crippen molar-refractivity contribution >= 4 is 34.4 Å². The third-order valence-electron chi connectivity index (χ3n) is 4.11. The normalized spacial score (nSPS) is 12.3. The number of nitrogens with zero attached hydrogens (tertiary/aromatic N) is 1. The number of fused-ring (bicyclic) bond motifs is 1. The lowest BCUT2D eigenvalue weighted by molar-refractivity contribution is -0.137. The van der Waals surface area contributed by atoms with E-state index in [0.717, 1.165) is 17.0 Å². The van der Waals surface area contributed by atoms with Crippen LogP contribution in [0.1, 0.15) is 12.5 Å². The van der Waals surface area contributed by atoms with Crippen molar-refractivity contribution in [1.29, 1.82) is 0 Å². The summed E-state index contributed by atoms with van der Waals surface area (Å²) in [4.78, 5) is 16.5. The predicted octanol–water partition coefficient (Wildman–Crippen LogP) is 5.49. The van der Waals surface area contributed by atoms with Gasteiger partial charge in [0, 0.05) is 17.7 Å². The Morgan fingerprint density at radius 1 is 1.03 bits per heavy atom. The number of aliphatic hydroxyl groups excluding tert-OH is 1. The van der Waals surface area contributed by atoms with Crippen molar-refractivity contribution in [2.75, 3.05) is 6.61 Å². The Kier molecular flexibility index (Phi) is 5.97. The smallest absolute Gasteiger partial charge is 0.343 e. The molecule has 0 saturated heterocycles. The molecule has 0 radical (unpaired) electrons. The Bertz CT molecular complexity index is 1130. The minimum Gasteiger partial charge on any atom is -0.506 e. The number of halogens is 3. The lowest BCUT2D eigenvalue weighted by Gasteiger charge is -2.09. The minimum absolute atomic E-state index is 0.0159. The van der Waals surface area contributed by atoms with E-state index in [1.165, 1.54) is 0 Å². The standard InChI is InChI=1S/C22H16F3NO3/c1-2-29-22(28)16(21(27)15-10-18(24)19(25)11-17(15)23)12-26-20-9-5-7-13-6-3-4-8-14(13)20/h3-12,27H,2H2,1H3/b21-16-,26-12?. The highest BCUT2D eigenvalue weighted by atomic mass is 19.2. The van der Waals surface area contributed by atoms with Crippen molar-refractivity contribution < 1.29 is 27.8 Å².